The van der Waals surface area contributed by atoms with Gasteiger partial charge in [-0.25, -0.2) is 0 Å². The van der Waals surface area contributed by atoms with Crippen LogP contribution in [-0.4, -0.2) is 0 Å². The van der Waals surface area contributed by atoms with Crippen molar-refractivity contribution >= 4 is 5.69 Å². The van der Waals surface area contributed by atoms with E-state index >= 15 is 0 Å². The highest BCUT2D eigenvalue weighted by atomic mass is 14.9. The highest BCUT2D eigenvalue weighted by Crippen LogP contribution is 2.17. The minimum absolute atomic E-state index is 1.09. The number of nitrogens with one attached hydrogen (secondary N) is 1. The molecule has 0 saturated heterocycles. The zero-order chi connectivity index (χ0) is 17.5. The van der Waals surface area contributed by atoms with Gasteiger partial charge in [-0.05, 0) is 43.4 Å². The van der Waals surface area contributed by atoms with Crippen LogP contribution in [0.3, 0.4) is 0 Å². The highest BCUT2D eigenvalue weighted by Gasteiger charge is 1.98. The molecule has 0 aliphatic carbocycles. The summed E-state index contributed by atoms with van der Waals surface area (Å²) in [6.07, 6.45) is 17.2. The fourth-order valence-electron chi connectivity index (χ4n) is 3.05. The molecule has 0 aliphatic heterocycles. The van der Waals surface area contributed by atoms with E-state index in [-0.39, 0.29) is 0 Å². The van der Waals surface area contributed by atoms with Crippen molar-refractivity contribution in [1.29, 1.82) is 0 Å². The Balaban J connectivity index is 2.05. The third kappa shape index (κ3) is 10.5. The average Bonchev–Trinajstić information content (AvgIpc) is 2.60. The Morgan fingerprint density at radius 2 is 1.29 bits per heavy atom. The molecule has 0 radical (unpaired) electrons. The van der Waals surface area contributed by atoms with Crippen LogP contribution in [0.25, 0.3) is 0 Å². The van der Waals surface area contributed by atoms with E-state index in [4.69, 9.17) is 0 Å². The number of hydrogen-bond acceptors (Lipinski definition) is 1. The number of rotatable bonds is 15. The molecule has 0 fully saturated rings. The van der Waals surface area contributed by atoms with E-state index < -0.39 is 0 Å². The molecule has 0 heterocycles. The molecule has 0 atom stereocenters. The van der Waals surface area contributed by atoms with Crippen LogP contribution < -0.4 is 5.32 Å². The number of hydrogen-bond donors (Lipinski definition) is 1. The Bertz CT molecular complexity index is 418. The lowest BCUT2D eigenvalue weighted by Gasteiger charge is -2.10. The average molecular weight is 330 g/mol. The van der Waals surface area contributed by atoms with Gasteiger partial charge in [0.05, 0.1) is 0 Å². The Kier molecular flexibility index (Phi) is 12.3. The highest BCUT2D eigenvalue weighted by molar-refractivity contribution is 5.48. The standard InChI is InChI=1S/C23H39N/c1-4-6-8-9-10-11-12-13-14-15-21(3)24-23-19-17-22(18-20-23)16-7-5-2/h17-20,24H,3-16H2,1-2H3. The predicted molar refractivity (Wildman–Crippen MR) is 110 cm³/mol. The van der Waals surface area contributed by atoms with Gasteiger partial charge in [0.25, 0.3) is 0 Å². The molecule has 0 saturated carbocycles. The smallest absolute Gasteiger partial charge is 0.0381 e. The SMILES string of the molecule is C=C(CCCCCCCCCCC)Nc1ccc(CCCC)cc1. The van der Waals surface area contributed by atoms with E-state index in [0.29, 0.717) is 0 Å². The molecule has 1 aromatic carbocycles. The molecule has 24 heavy (non-hydrogen) atoms. The largest absolute Gasteiger partial charge is 0.359 e. The number of benzene rings is 1. The first-order chi connectivity index (χ1) is 11.8. The summed E-state index contributed by atoms with van der Waals surface area (Å²) in [7, 11) is 0. The van der Waals surface area contributed by atoms with Crippen LogP contribution >= 0.6 is 0 Å². The van der Waals surface area contributed by atoms with Crippen LogP contribution in [0, 0.1) is 0 Å². The summed E-state index contributed by atoms with van der Waals surface area (Å²) >= 11 is 0. The second-order valence-corrected chi connectivity index (χ2v) is 7.11. The molecule has 0 spiro atoms. The maximum atomic E-state index is 4.18. The van der Waals surface area contributed by atoms with E-state index in [1.54, 1.807) is 0 Å². The van der Waals surface area contributed by atoms with Crippen molar-refractivity contribution in [2.24, 2.45) is 0 Å². The summed E-state index contributed by atoms with van der Waals surface area (Å²) in [6, 6.07) is 8.85. The summed E-state index contributed by atoms with van der Waals surface area (Å²) in [5.74, 6) is 0. The summed E-state index contributed by atoms with van der Waals surface area (Å²) in [6.45, 7) is 8.70. The number of aryl methyl sites for hydroxylation is 1. The second kappa shape index (κ2) is 14.1. The monoisotopic (exact) mass is 329 g/mol. The van der Waals surface area contributed by atoms with Gasteiger partial charge < -0.3 is 5.32 Å². The number of anilines is 1. The third-order valence-corrected chi connectivity index (χ3v) is 4.68. The molecule has 1 heteroatoms. The maximum absolute atomic E-state index is 4.18. The normalized spacial score (nSPS) is 10.8. The minimum Gasteiger partial charge on any atom is -0.359 e. The first-order valence-corrected chi connectivity index (χ1v) is 10.3. The van der Waals surface area contributed by atoms with Crippen molar-refractivity contribution in [2.75, 3.05) is 5.32 Å². The first-order valence-electron chi connectivity index (χ1n) is 10.3. The summed E-state index contributed by atoms with van der Waals surface area (Å²) in [5, 5.41) is 3.46. The number of unbranched alkanes of at least 4 members (excludes halogenated alkanes) is 9. The van der Waals surface area contributed by atoms with Gasteiger partial charge in [-0.2, -0.15) is 0 Å². The van der Waals surface area contributed by atoms with E-state index in [1.807, 2.05) is 0 Å². The molecule has 0 aromatic heterocycles. The van der Waals surface area contributed by atoms with Gasteiger partial charge >= 0.3 is 0 Å². The van der Waals surface area contributed by atoms with Gasteiger partial charge in [0.15, 0.2) is 0 Å². The Morgan fingerprint density at radius 3 is 1.88 bits per heavy atom. The Morgan fingerprint density at radius 1 is 0.750 bits per heavy atom. The molecule has 0 aliphatic rings. The van der Waals surface area contributed by atoms with E-state index in [2.05, 4.69) is 50.0 Å². The van der Waals surface area contributed by atoms with Gasteiger partial charge in [0, 0.05) is 11.4 Å². The lowest BCUT2D eigenvalue weighted by atomic mass is 10.1. The summed E-state index contributed by atoms with van der Waals surface area (Å²) in [5.41, 5.74) is 3.77. The Labute approximate surface area is 150 Å². The molecule has 1 nitrogen and oxygen atoms in total. The Hall–Kier alpha value is -1.24. The minimum atomic E-state index is 1.09. The second-order valence-electron chi connectivity index (χ2n) is 7.11. The molecular weight excluding hydrogens is 290 g/mol. The van der Waals surface area contributed by atoms with Crippen molar-refractivity contribution in [3.8, 4) is 0 Å². The lowest BCUT2D eigenvalue weighted by molar-refractivity contribution is 0.565. The molecular formula is C23H39N. The van der Waals surface area contributed by atoms with Crippen molar-refractivity contribution < 1.29 is 0 Å². The maximum Gasteiger partial charge on any atom is 0.0381 e. The topological polar surface area (TPSA) is 12.0 Å². The molecule has 0 unspecified atom stereocenters. The van der Waals surface area contributed by atoms with Crippen molar-refractivity contribution in [3.05, 3.63) is 42.1 Å². The molecule has 1 N–H and O–H groups in total. The number of allylic oxidation sites excluding steroid dienone is 1. The van der Waals surface area contributed by atoms with Crippen LogP contribution in [0.15, 0.2) is 36.5 Å². The van der Waals surface area contributed by atoms with Gasteiger partial charge in [0.1, 0.15) is 0 Å². The molecule has 1 rings (SSSR count). The van der Waals surface area contributed by atoms with Gasteiger partial charge in [0.2, 0.25) is 0 Å². The van der Waals surface area contributed by atoms with Gasteiger partial charge in [-0.15, -0.1) is 0 Å². The molecule has 136 valence electrons. The first kappa shape index (κ1) is 20.8. The fraction of sp³-hybridized carbons (Fsp3) is 0.652. The summed E-state index contributed by atoms with van der Waals surface area (Å²) in [4.78, 5) is 0. The van der Waals surface area contributed by atoms with E-state index in [0.717, 1.165) is 12.1 Å². The summed E-state index contributed by atoms with van der Waals surface area (Å²) < 4.78 is 0. The van der Waals surface area contributed by atoms with Crippen molar-refractivity contribution in [1.82, 2.24) is 0 Å². The quantitative estimate of drug-likeness (QED) is 0.323. The zero-order valence-corrected chi connectivity index (χ0v) is 16.2. The lowest BCUT2D eigenvalue weighted by Crippen LogP contribution is -1.98. The van der Waals surface area contributed by atoms with Crippen LogP contribution in [0.5, 0.6) is 0 Å². The van der Waals surface area contributed by atoms with Gasteiger partial charge in [-0.3, -0.25) is 0 Å². The predicted octanol–water partition coefficient (Wildman–Crippen LogP) is 7.88. The van der Waals surface area contributed by atoms with Crippen molar-refractivity contribution in [2.45, 2.75) is 97.3 Å². The molecule has 1 aromatic rings. The third-order valence-electron chi connectivity index (χ3n) is 4.68. The fourth-order valence-corrected chi connectivity index (χ4v) is 3.05. The van der Waals surface area contributed by atoms with Crippen LogP contribution in [-0.2, 0) is 6.42 Å². The van der Waals surface area contributed by atoms with E-state index in [9.17, 15) is 0 Å². The molecule has 0 amide bonds. The van der Waals surface area contributed by atoms with Crippen LogP contribution in [0.4, 0.5) is 5.69 Å². The van der Waals surface area contributed by atoms with Gasteiger partial charge in [-0.1, -0.05) is 90.3 Å². The van der Waals surface area contributed by atoms with Crippen molar-refractivity contribution in [3.63, 3.8) is 0 Å². The van der Waals surface area contributed by atoms with Crippen LogP contribution in [0.1, 0.15) is 96.5 Å². The van der Waals surface area contributed by atoms with E-state index in [1.165, 1.54) is 88.3 Å². The zero-order valence-electron chi connectivity index (χ0n) is 16.2. The van der Waals surface area contributed by atoms with Crippen LogP contribution in [0.2, 0.25) is 0 Å². The molecule has 0 bridgehead atoms.